The van der Waals surface area contributed by atoms with Gasteiger partial charge in [-0.15, -0.1) is 0 Å². The molecule has 1 rings (SSSR count). The largest absolute Gasteiger partial charge is 0.395 e. The van der Waals surface area contributed by atoms with Gasteiger partial charge < -0.3 is 5.11 Å². The first-order valence-corrected chi connectivity index (χ1v) is 7.22. The molecule has 5 nitrogen and oxygen atoms in total. The van der Waals surface area contributed by atoms with Gasteiger partial charge in [-0.2, -0.15) is 0 Å². The molecule has 2 N–H and O–H groups in total. The van der Waals surface area contributed by atoms with Gasteiger partial charge >= 0.3 is 0 Å². The molecule has 0 bridgehead atoms. The molecule has 0 aliphatic carbocycles. The number of hydrogen-bond acceptors (Lipinski definition) is 4. The van der Waals surface area contributed by atoms with E-state index in [4.69, 9.17) is 5.11 Å². The molecule has 0 aliphatic heterocycles. The van der Waals surface area contributed by atoms with Gasteiger partial charge in [-0.3, -0.25) is 4.98 Å². The van der Waals surface area contributed by atoms with Crippen molar-refractivity contribution in [2.75, 3.05) is 12.4 Å². The number of hydrogen-bond donors (Lipinski definition) is 2. The molecule has 0 saturated carbocycles. The monoisotopic (exact) mass is 258 g/mol. The summed E-state index contributed by atoms with van der Waals surface area (Å²) in [7, 11) is -3.33. The third-order valence-electron chi connectivity index (χ3n) is 2.47. The van der Waals surface area contributed by atoms with E-state index in [0.717, 1.165) is 5.56 Å². The summed E-state index contributed by atoms with van der Waals surface area (Å²) in [6.45, 7) is 1.65. The predicted octanol–water partition coefficient (Wildman–Crippen LogP) is 0.314. The molecule has 1 aromatic rings. The van der Waals surface area contributed by atoms with E-state index in [9.17, 15) is 8.42 Å². The minimum Gasteiger partial charge on any atom is -0.395 e. The maximum absolute atomic E-state index is 11.7. The van der Waals surface area contributed by atoms with Crippen molar-refractivity contribution in [1.29, 1.82) is 0 Å². The van der Waals surface area contributed by atoms with Crippen LogP contribution in [0, 0.1) is 0 Å². The van der Waals surface area contributed by atoms with Crippen molar-refractivity contribution in [3.8, 4) is 0 Å². The Labute approximate surface area is 102 Å². The van der Waals surface area contributed by atoms with Crippen LogP contribution in [-0.2, 0) is 16.4 Å². The Hall–Kier alpha value is -0.980. The van der Waals surface area contributed by atoms with Crippen LogP contribution < -0.4 is 4.72 Å². The highest BCUT2D eigenvalue weighted by Crippen LogP contribution is 2.01. The smallest absolute Gasteiger partial charge is 0.212 e. The first-order valence-electron chi connectivity index (χ1n) is 5.57. The Morgan fingerprint density at radius 1 is 1.41 bits per heavy atom. The SMILES string of the molecule is CC[C@@H](CO)NS(=O)(=O)CCc1ccncc1. The van der Waals surface area contributed by atoms with Gasteiger partial charge in [0.05, 0.1) is 12.4 Å². The lowest BCUT2D eigenvalue weighted by Gasteiger charge is -2.14. The second-order valence-corrected chi connectivity index (χ2v) is 5.70. The van der Waals surface area contributed by atoms with Gasteiger partial charge in [-0.1, -0.05) is 6.92 Å². The summed E-state index contributed by atoms with van der Waals surface area (Å²) >= 11 is 0. The van der Waals surface area contributed by atoms with E-state index >= 15 is 0 Å². The van der Waals surface area contributed by atoms with Gasteiger partial charge in [-0.05, 0) is 30.5 Å². The van der Waals surface area contributed by atoms with E-state index in [1.807, 2.05) is 6.92 Å². The van der Waals surface area contributed by atoms with Crippen LogP contribution in [0.5, 0.6) is 0 Å². The number of nitrogens with one attached hydrogen (secondary N) is 1. The van der Waals surface area contributed by atoms with Gasteiger partial charge in [0, 0.05) is 18.4 Å². The minimum absolute atomic E-state index is 0.0213. The third kappa shape index (κ3) is 5.25. The van der Waals surface area contributed by atoms with Crippen molar-refractivity contribution >= 4 is 10.0 Å². The van der Waals surface area contributed by atoms with Gasteiger partial charge in [0.2, 0.25) is 10.0 Å². The van der Waals surface area contributed by atoms with Crippen molar-refractivity contribution in [2.45, 2.75) is 25.8 Å². The van der Waals surface area contributed by atoms with Gasteiger partial charge in [0.1, 0.15) is 0 Å². The van der Waals surface area contributed by atoms with E-state index in [-0.39, 0.29) is 12.4 Å². The standard InChI is InChI=1S/C11H18N2O3S/c1-2-11(9-14)13-17(15,16)8-5-10-3-6-12-7-4-10/h3-4,6-7,11,13-14H,2,5,8-9H2,1H3/t11-/m0/s1. The fourth-order valence-electron chi connectivity index (χ4n) is 1.36. The summed E-state index contributed by atoms with van der Waals surface area (Å²) in [5, 5.41) is 8.94. The topological polar surface area (TPSA) is 79.3 Å². The average molecular weight is 258 g/mol. The fourth-order valence-corrected chi connectivity index (χ4v) is 2.74. The van der Waals surface area contributed by atoms with Crippen molar-refractivity contribution in [3.63, 3.8) is 0 Å². The van der Waals surface area contributed by atoms with Crippen molar-refractivity contribution in [3.05, 3.63) is 30.1 Å². The summed E-state index contributed by atoms with van der Waals surface area (Å²) < 4.78 is 25.9. The van der Waals surface area contributed by atoms with E-state index < -0.39 is 16.1 Å². The number of rotatable bonds is 7. The van der Waals surface area contributed by atoms with Crippen molar-refractivity contribution in [1.82, 2.24) is 9.71 Å². The molecule has 1 heterocycles. The normalized spacial score (nSPS) is 13.5. The summed E-state index contributed by atoms with van der Waals surface area (Å²) in [5.41, 5.74) is 0.933. The average Bonchev–Trinajstić information content (AvgIpc) is 2.35. The molecule has 1 atom stereocenters. The Morgan fingerprint density at radius 2 is 2.06 bits per heavy atom. The van der Waals surface area contributed by atoms with Crippen LogP contribution in [0.3, 0.4) is 0 Å². The summed E-state index contributed by atoms with van der Waals surface area (Å²) in [6, 6.07) is 3.19. The summed E-state index contributed by atoms with van der Waals surface area (Å²) in [5.74, 6) is 0.0213. The van der Waals surface area contributed by atoms with E-state index in [1.165, 1.54) is 0 Å². The van der Waals surface area contributed by atoms with Crippen LogP contribution in [0.15, 0.2) is 24.5 Å². The highest BCUT2D eigenvalue weighted by molar-refractivity contribution is 7.89. The second kappa shape index (κ2) is 6.68. The molecule has 0 saturated heterocycles. The molecule has 0 fully saturated rings. The lowest BCUT2D eigenvalue weighted by atomic mass is 10.2. The van der Waals surface area contributed by atoms with Gasteiger partial charge in [-0.25, -0.2) is 13.1 Å². The molecule has 0 spiro atoms. The number of sulfonamides is 1. The zero-order valence-corrected chi connectivity index (χ0v) is 10.7. The maximum atomic E-state index is 11.7. The van der Waals surface area contributed by atoms with Gasteiger partial charge in [0.15, 0.2) is 0 Å². The first kappa shape index (κ1) is 14.1. The summed E-state index contributed by atoms with van der Waals surface area (Å²) in [4.78, 5) is 3.87. The lowest BCUT2D eigenvalue weighted by Crippen LogP contribution is -2.38. The molecule has 17 heavy (non-hydrogen) atoms. The highest BCUT2D eigenvalue weighted by Gasteiger charge is 2.15. The van der Waals surface area contributed by atoms with Crippen LogP contribution in [0.1, 0.15) is 18.9 Å². The highest BCUT2D eigenvalue weighted by atomic mass is 32.2. The third-order valence-corrected chi connectivity index (χ3v) is 3.90. The molecule has 0 amide bonds. The quantitative estimate of drug-likeness (QED) is 0.738. The van der Waals surface area contributed by atoms with Gasteiger partial charge in [0.25, 0.3) is 0 Å². The van der Waals surface area contributed by atoms with E-state index in [2.05, 4.69) is 9.71 Å². The Balaban J connectivity index is 2.50. The van der Waals surface area contributed by atoms with E-state index in [0.29, 0.717) is 12.8 Å². The van der Waals surface area contributed by atoms with Crippen molar-refractivity contribution < 1.29 is 13.5 Å². The second-order valence-electron chi connectivity index (χ2n) is 3.83. The molecule has 1 aromatic heterocycles. The lowest BCUT2D eigenvalue weighted by molar-refractivity contribution is 0.254. The van der Waals surface area contributed by atoms with Crippen LogP contribution in [0.25, 0.3) is 0 Å². The first-order chi connectivity index (χ1) is 8.07. The Bertz CT molecular complexity index is 416. The number of aliphatic hydroxyl groups is 1. The predicted molar refractivity (Wildman–Crippen MR) is 66.0 cm³/mol. The molecule has 96 valence electrons. The zero-order chi connectivity index (χ0) is 12.7. The number of nitrogens with zero attached hydrogens (tertiary/aromatic N) is 1. The molecule has 0 radical (unpaired) electrons. The Morgan fingerprint density at radius 3 is 2.59 bits per heavy atom. The molecule has 6 heteroatoms. The van der Waals surface area contributed by atoms with Crippen LogP contribution in [0.2, 0.25) is 0 Å². The van der Waals surface area contributed by atoms with Crippen molar-refractivity contribution in [2.24, 2.45) is 0 Å². The number of aryl methyl sites for hydroxylation is 1. The van der Waals surface area contributed by atoms with E-state index in [1.54, 1.807) is 24.5 Å². The summed E-state index contributed by atoms with van der Waals surface area (Å²) in [6.07, 6.45) is 4.29. The van der Waals surface area contributed by atoms with Crippen LogP contribution >= 0.6 is 0 Å². The number of pyridine rings is 1. The molecular weight excluding hydrogens is 240 g/mol. The maximum Gasteiger partial charge on any atom is 0.212 e. The number of aliphatic hydroxyl groups excluding tert-OH is 1. The number of aromatic nitrogens is 1. The Kier molecular flexibility index (Phi) is 5.54. The van der Waals surface area contributed by atoms with Crippen LogP contribution in [0.4, 0.5) is 0 Å². The minimum atomic E-state index is -3.33. The fraction of sp³-hybridized carbons (Fsp3) is 0.545. The molecule has 0 unspecified atom stereocenters. The molecular formula is C11H18N2O3S. The molecule has 0 aliphatic rings. The van der Waals surface area contributed by atoms with Crippen LogP contribution in [-0.4, -0.2) is 36.9 Å². The molecule has 0 aromatic carbocycles. The zero-order valence-electron chi connectivity index (χ0n) is 9.83.